The first-order valence-corrected chi connectivity index (χ1v) is 8.47. The predicted molar refractivity (Wildman–Crippen MR) is 105 cm³/mol. The summed E-state index contributed by atoms with van der Waals surface area (Å²) in [5.41, 5.74) is 2.38. The number of nitrogens with one attached hydrogen (secondary N) is 2. The lowest BCUT2D eigenvalue weighted by atomic mass is 10.2. The van der Waals surface area contributed by atoms with E-state index >= 15 is 0 Å². The van der Waals surface area contributed by atoms with Gasteiger partial charge in [0.2, 0.25) is 5.95 Å². The molecule has 128 valence electrons. The Bertz CT molecular complexity index is 1080. The molecule has 2 N–H and O–H groups in total. The molecule has 0 spiro atoms. The topological polar surface area (TPSA) is 75.6 Å². The van der Waals surface area contributed by atoms with E-state index in [1.54, 1.807) is 24.4 Å². The van der Waals surface area contributed by atoms with Crippen LogP contribution >= 0.6 is 23.2 Å². The number of aromatic nitrogens is 4. The van der Waals surface area contributed by atoms with Gasteiger partial charge in [-0.05, 0) is 30.3 Å². The SMILES string of the molecule is Clc1ccc(Nc2cnnc(Nc3cccc4cccnc34)n2)cc1Cl. The minimum absolute atomic E-state index is 0.355. The fourth-order valence-corrected chi connectivity index (χ4v) is 2.76. The number of pyridine rings is 1. The number of halogens is 2. The number of nitrogens with zero attached hydrogens (tertiary/aromatic N) is 4. The summed E-state index contributed by atoms with van der Waals surface area (Å²) in [6.07, 6.45) is 3.27. The van der Waals surface area contributed by atoms with Crippen LogP contribution in [0.2, 0.25) is 10.0 Å². The van der Waals surface area contributed by atoms with Crippen LogP contribution in [0.1, 0.15) is 0 Å². The predicted octanol–water partition coefficient (Wildman–Crippen LogP) is 5.21. The van der Waals surface area contributed by atoms with Crippen molar-refractivity contribution in [3.8, 4) is 0 Å². The van der Waals surface area contributed by atoms with E-state index in [4.69, 9.17) is 23.2 Å². The highest BCUT2D eigenvalue weighted by Crippen LogP contribution is 2.27. The van der Waals surface area contributed by atoms with Gasteiger partial charge in [-0.2, -0.15) is 10.1 Å². The summed E-state index contributed by atoms with van der Waals surface area (Å²) in [5.74, 6) is 0.877. The number of hydrogen-bond acceptors (Lipinski definition) is 6. The van der Waals surface area contributed by atoms with Gasteiger partial charge in [-0.3, -0.25) is 4.98 Å². The smallest absolute Gasteiger partial charge is 0.249 e. The molecular weight excluding hydrogens is 371 g/mol. The van der Waals surface area contributed by atoms with Crippen molar-refractivity contribution >= 4 is 57.2 Å². The molecular formula is C18H12Cl2N6. The lowest BCUT2D eigenvalue weighted by Gasteiger charge is -2.09. The molecule has 0 saturated carbocycles. The number of benzene rings is 2. The first-order chi connectivity index (χ1) is 12.7. The zero-order chi connectivity index (χ0) is 17.9. The second-order valence-corrected chi connectivity index (χ2v) is 6.24. The maximum atomic E-state index is 6.03. The minimum Gasteiger partial charge on any atom is -0.339 e. The van der Waals surface area contributed by atoms with E-state index in [1.165, 1.54) is 6.20 Å². The first-order valence-electron chi connectivity index (χ1n) is 7.71. The third-order valence-electron chi connectivity index (χ3n) is 3.63. The highest BCUT2D eigenvalue weighted by atomic mass is 35.5. The molecule has 0 bridgehead atoms. The Labute approximate surface area is 159 Å². The van der Waals surface area contributed by atoms with E-state index in [9.17, 15) is 0 Å². The van der Waals surface area contributed by atoms with Gasteiger partial charge in [0.15, 0.2) is 5.82 Å². The molecule has 4 rings (SSSR count). The molecule has 6 nitrogen and oxygen atoms in total. The van der Waals surface area contributed by atoms with Gasteiger partial charge < -0.3 is 10.6 Å². The average molecular weight is 383 g/mol. The van der Waals surface area contributed by atoms with Crippen LogP contribution in [0.5, 0.6) is 0 Å². The van der Waals surface area contributed by atoms with Crippen molar-refractivity contribution in [2.75, 3.05) is 10.6 Å². The summed E-state index contributed by atoms with van der Waals surface area (Å²) in [6.45, 7) is 0. The van der Waals surface area contributed by atoms with Gasteiger partial charge in [-0.15, -0.1) is 5.10 Å². The van der Waals surface area contributed by atoms with E-state index < -0.39 is 0 Å². The molecule has 2 heterocycles. The van der Waals surface area contributed by atoms with Crippen LogP contribution in [0.25, 0.3) is 10.9 Å². The third-order valence-corrected chi connectivity index (χ3v) is 4.37. The Hall–Kier alpha value is -2.96. The number of para-hydroxylation sites is 1. The molecule has 2 aromatic heterocycles. The quantitative estimate of drug-likeness (QED) is 0.504. The summed E-state index contributed by atoms with van der Waals surface area (Å²) in [7, 11) is 0. The maximum absolute atomic E-state index is 6.03. The van der Waals surface area contributed by atoms with Gasteiger partial charge in [-0.25, -0.2) is 0 Å². The standard InChI is InChI=1S/C18H12Cl2N6/c19-13-7-6-12(9-14(13)20)23-16-10-22-26-18(25-16)24-15-5-1-3-11-4-2-8-21-17(11)15/h1-10H,(H2,23,24,25,26). The molecule has 0 aliphatic rings. The van der Waals surface area contributed by atoms with Crippen LogP contribution in [0, 0.1) is 0 Å². The summed E-state index contributed by atoms with van der Waals surface area (Å²) in [6, 6.07) is 15.0. The van der Waals surface area contributed by atoms with Crippen molar-refractivity contribution in [2.24, 2.45) is 0 Å². The number of fused-ring (bicyclic) bond motifs is 1. The summed E-state index contributed by atoms with van der Waals surface area (Å²) >= 11 is 12.0. The molecule has 0 saturated heterocycles. The highest BCUT2D eigenvalue weighted by Gasteiger charge is 2.06. The second-order valence-electron chi connectivity index (χ2n) is 5.42. The van der Waals surface area contributed by atoms with Crippen molar-refractivity contribution < 1.29 is 0 Å². The Morgan fingerprint density at radius 1 is 0.885 bits per heavy atom. The van der Waals surface area contributed by atoms with Crippen LogP contribution in [-0.4, -0.2) is 20.2 Å². The average Bonchev–Trinajstić information content (AvgIpc) is 2.65. The van der Waals surface area contributed by atoms with Crippen LogP contribution in [0.15, 0.2) is 60.9 Å². The number of rotatable bonds is 4. The Balaban J connectivity index is 1.60. The van der Waals surface area contributed by atoms with Crippen LogP contribution in [0.4, 0.5) is 23.1 Å². The fraction of sp³-hybridized carbons (Fsp3) is 0. The molecule has 2 aromatic carbocycles. The van der Waals surface area contributed by atoms with Gasteiger partial charge in [0, 0.05) is 17.3 Å². The molecule has 0 unspecified atom stereocenters. The van der Waals surface area contributed by atoms with E-state index in [2.05, 4.69) is 30.8 Å². The fourth-order valence-electron chi connectivity index (χ4n) is 2.46. The normalized spacial score (nSPS) is 10.7. The summed E-state index contributed by atoms with van der Waals surface area (Å²) in [4.78, 5) is 8.83. The molecule has 0 aliphatic carbocycles. The first kappa shape index (κ1) is 16.5. The minimum atomic E-state index is 0.355. The Morgan fingerprint density at radius 2 is 1.77 bits per heavy atom. The van der Waals surface area contributed by atoms with Gasteiger partial charge in [-0.1, -0.05) is 41.4 Å². The van der Waals surface area contributed by atoms with Crippen LogP contribution in [-0.2, 0) is 0 Å². The third kappa shape index (κ3) is 3.51. The molecule has 26 heavy (non-hydrogen) atoms. The molecule has 0 radical (unpaired) electrons. The maximum Gasteiger partial charge on any atom is 0.249 e. The largest absolute Gasteiger partial charge is 0.339 e. The monoisotopic (exact) mass is 382 g/mol. The summed E-state index contributed by atoms with van der Waals surface area (Å²) < 4.78 is 0. The number of hydrogen-bond donors (Lipinski definition) is 2. The van der Waals surface area contributed by atoms with Crippen molar-refractivity contribution in [1.82, 2.24) is 20.2 Å². The van der Waals surface area contributed by atoms with Gasteiger partial charge in [0.05, 0.1) is 27.4 Å². The van der Waals surface area contributed by atoms with Gasteiger partial charge in [0.25, 0.3) is 0 Å². The highest BCUT2D eigenvalue weighted by molar-refractivity contribution is 6.42. The van der Waals surface area contributed by atoms with Crippen LogP contribution < -0.4 is 10.6 Å². The van der Waals surface area contributed by atoms with E-state index in [-0.39, 0.29) is 0 Å². The van der Waals surface area contributed by atoms with E-state index in [0.717, 1.165) is 22.3 Å². The van der Waals surface area contributed by atoms with E-state index in [0.29, 0.717) is 21.8 Å². The second kappa shape index (κ2) is 7.11. The Morgan fingerprint density at radius 3 is 2.65 bits per heavy atom. The lowest BCUT2D eigenvalue weighted by Crippen LogP contribution is -2.03. The molecule has 0 fully saturated rings. The van der Waals surface area contributed by atoms with Crippen molar-refractivity contribution in [3.05, 3.63) is 71.0 Å². The molecule has 0 atom stereocenters. The molecule has 0 amide bonds. The molecule has 8 heteroatoms. The Kier molecular flexibility index (Phi) is 4.51. The molecule has 4 aromatic rings. The lowest BCUT2D eigenvalue weighted by molar-refractivity contribution is 0.983. The van der Waals surface area contributed by atoms with Gasteiger partial charge >= 0.3 is 0 Å². The van der Waals surface area contributed by atoms with Crippen LogP contribution in [0.3, 0.4) is 0 Å². The van der Waals surface area contributed by atoms with Crippen molar-refractivity contribution in [3.63, 3.8) is 0 Å². The van der Waals surface area contributed by atoms with Crippen molar-refractivity contribution in [1.29, 1.82) is 0 Å². The summed E-state index contributed by atoms with van der Waals surface area (Å²) in [5, 5.41) is 16.3. The van der Waals surface area contributed by atoms with Crippen molar-refractivity contribution in [2.45, 2.75) is 0 Å². The zero-order valence-corrected chi connectivity index (χ0v) is 14.8. The molecule has 0 aliphatic heterocycles. The van der Waals surface area contributed by atoms with Gasteiger partial charge in [0.1, 0.15) is 0 Å². The number of anilines is 4. The van der Waals surface area contributed by atoms with E-state index in [1.807, 2.05) is 30.3 Å². The zero-order valence-electron chi connectivity index (χ0n) is 13.3.